The zero-order chi connectivity index (χ0) is 30.5. The number of rotatable bonds is 11. The monoisotopic (exact) mass is 637 g/mol. The topological polar surface area (TPSA) is 86.8 Å². The van der Waals surface area contributed by atoms with Gasteiger partial charge in [-0.15, -0.1) is 0 Å². The summed E-state index contributed by atoms with van der Waals surface area (Å²) in [4.78, 5) is 28.8. The van der Waals surface area contributed by atoms with Crippen molar-refractivity contribution in [3.63, 3.8) is 0 Å². The number of amides is 2. The lowest BCUT2D eigenvalue weighted by Gasteiger charge is -2.34. The molecule has 1 atom stereocenters. The Morgan fingerprint density at radius 2 is 1.56 bits per heavy atom. The molecule has 0 saturated carbocycles. The molecule has 0 spiro atoms. The SMILES string of the molecule is CC[C@@H](C(=O)NC(C)C)N(Cc1ccc(Cl)c(Cl)c1)C(=O)CN(c1ccc(Cl)cc1C)S(=O)(=O)c1ccc(C)cc1. The summed E-state index contributed by atoms with van der Waals surface area (Å²) in [6.07, 6.45) is 0.302. The van der Waals surface area contributed by atoms with Crippen molar-refractivity contribution in [3.8, 4) is 0 Å². The van der Waals surface area contributed by atoms with Crippen molar-refractivity contribution in [1.82, 2.24) is 10.2 Å². The van der Waals surface area contributed by atoms with Gasteiger partial charge < -0.3 is 10.2 Å². The van der Waals surface area contributed by atoms with Gasteiger partial charge in [-0.05, 0) is 87.7 Å². The Bertz CT molecular complexity index is 1510. The summed E-state index contributed by atoms with van der Waals surface area (Å²) in [5.41, 5.74) is 2.40. The van der Waals surface area contributed by atoms with Gasteiger partial charge in [0.2, 0.25) is 11.8 Å². The maximum Gasteiger partial charge on any atom is 0.264 e. The van der Waals surface area contributed by atoms with Gasteiger partial charge in [-0.1, -0.05) is 65.5 Å². The van der Waals surface area contributed by atoms with Gasteiger partial charge in [0.25, 0.3) is 10.0 Å². The Hall–Kier alpha value is -2.78. The van der Waals surface area contributed by atoms with E-state index in [9.17, 15) is 18.0 Å². The van der Waals surface area contributed by atoms with E-state index in [-0.39, 0.29) is 23.4 Å². The van der Waals surface area contributed by atoms with Gasteiger partial charge in [-0.25, -0.2) is 8.42 Å². The molecule has 0 radical (unpaired) electrons. The van der Waals surface area contributed by atoms with Crippen LogP contribution in [0.3, 0.4) is 0 Å². The number of hydrogen-bond donors (Lipinski definition) is 1. The smallest absolute Gasteiger partial charge is 0.264 e. The molecular weight excluding hydrogens is 605 g/mol. The molecule has 0 aliphatic rings. The first-order valence-corrected chi connectivity index (χ1v) is 15.7. The maximum atomic E-state index is 14.1. The van der Waals surface area contributed by atoms with Crippen molar-refractivity contribution in [2.24, 2.45) is 0 Å². The average molecular weight is 639 g/mol. The van der Waals surface area contributed by atoms with E-state index >= 15 is 0 Å². The summed E-state index contributed by atoms with van der Waals surface area (Å²) in [6.45, 7) is 8.49. The van der Waals surface area contributed by atoms with Crippen LogP contribution in [0.25, 0.3) is 0 Å². The quantitative estimate of drug-likeness (QED) is 0.251. The van der Waals surface area contributed by atoms with E-state index in [2.05, 4.69) is 5.32 Å². The summed E-state index contributed by atoms with van der Waals surface area (Å²) in [7, 11) is -4.19. The van der Waals surface area contributed by atoms with Crippen LogP contribution in [-0.4, -0.2) is 43.8 Å². The predicted octanol–water partition coefficient (Wildman–Crippen LogP) is 6.79. The highest BCUT2D eigenvalue weighted by atomic mass is 35.5. The number of aryl methyl sites for hydroxylation is 2. The van der Waals surface area contributed by atoms with Gasteiger partial charge in [-0.3, -0.25) is 13.9 Å². The lowest BCUT2D eigenvalue weighted by atomic mass is 10.1. The molecule has 2 amide bonds. The number of nitrogens with one attached hydrogen (secondary N) is 1. The minimum absolute atomic E-state index is 0.0117. The number of anilines is 1. The van der Waals surface area contributed by atoms with Crippen molar-refractivity contribution >= 4 is 62.3 Å². The number of nitrogens with zero attached hydrogens (tertiary/aromatic N) is 2. The third kappa shape index (κ3) is 8.16. The molecule has 3 rings (SSSR count). The highest BCUT2D eigenvalue weighted by molar-refractivity contribution is 7.92. The second kappa shape index (κ2) is 13.9. The highest BCUT2D eigenvalue weighted by Gasteiger charge is 2.34. The fraction of sp³-hybridized carbons (Fsp3) is 0.333. The van der Waals surface area contributed by atoms with Crippen LogP contribution in [0, 0.1) is 13.8 Å². The molecular formula is C30H34Cl3N3O4S. The zero-order valence-electron chi connectivity index (χ0n) is 23.6. The standard InChI is InChI=1S/C30H34Cl3N3O4S/c1-6-27(30(38)34-19(2)3)35(17-22-9-13-25(32)26(33)16-22)29(37)18-36(28-14-10-23(31)15-21(28)5)41(39,40)24-11-7-20(4)8-12-24/h7-16,19,27H,6,17-18H2,1-5H3,(H,34,38)/t27-/m0/s1. The van der Waals surface area contributed by atoms with Crippen LogP contribution in [0.4, 0.5) is 5.69 Å². The van der Waals surface area contributed by atoms with E-state index in [1.54, 1.807) is 62.4 Å². The van der Waals surface area contributed by atoms with Gasteiger partial charge in [-0.2, -0.15) is 0 Å². The molecule has 0 aliphatic carbocycles. The van der Waals surface area contributed by atoms with Crippen LogP contribution in [0.5, 0.6) is 0 Å². The molecule has 0 aromatic heterocycles. The second-order valence-corrected chi connectivity index (χ2v) is 13.2. The Labute approximate surface area is 257 Å². The number of carbonyl (C=O) groups excluding carboxylic acids is 2. The molecule has 3 aromatic rings. The van der Waals surface area contributed by atoms with Crippen LogP contribution in [0.1, 0.15) is 43.9 Å². The first-order valence-electron chi connectivity index (χ1n) is 13.1. The van der Waals surface area contributed by atoms with E-state index in [0.29, 0.717) is 38.3 Å². The van der Waals surface area contributed by atoms with Crippen LogP contribution in [0.2, 0.25) is 15.1 Å². The fourth-order valence-electron chi connectivity index (χ4n) is 4.38. The largest absolute Gasteiger partial charge is 0.352 e. The van der Waals surface area contributed by atoms with Crippen LogP contribution in [-0.2, 0) is 26.2 Å². The molecule has 0 aliphatic heterocycles. The molecule has 11 heteroatoms. The van der Waals surface area contributed by atoms with E-state index < -0.39 is 28.5 Å². The Kier molecular flexibility index (Phi) is 11.1. The molecule has 0 heterocycles. The molecule has 1 N–H and O–H groups in total. The average Bonchev–Trinajstić information content (AvgIpc) is 2.89. The van der Waals surface area contributed by atoms with Gasteiger partial charge in [0.1, 0.15) is 12.6 Å². The molecule has 41 heavy (non-hydrogen) atoms. The van der Waals surface area contributed by atoms with E-state index in [1.165, 1.54) is 17.0 Å². The summed E-state index contributed by atoms with van der Waals surface area (Å²) in [5, 5.41) is 3.96. The number of sulfonamides is 1. The predicted molar refractivity (Wildman–Crippen MR) is 166 cm³/mol. The summed E-state index contributed by atoms with van der Waals surface area (Å²) in [5.74, 6) is -0.904. The highest BCUT2D eigenvalue weighted by Crippen LogP contribution is 2.30. The number of carbonyl (C=O) groups is 2. The summed E-state index contributed by atoms with van der Waals surface area (Å²) < 4.78 is 29.1. The summed E-state index contributed by atoms with van der Waals surface area (Å²) >= 11 is 18.5. The number of benzene rings is 3. The molecule has 220 valence electrons. The molecule has 0 bridgehead atoms. The second-order valence-electron chi connectivity index (χ2n) is 10.1. The third-order valence-electron chi connectivity index (χ3n) is 6.47. The van der Waals surface area contributed by atoms with Gasteiger partial charge in [0.05, 0.1) is 20.6 Å². The van der Waals surface area contributed by atoms with Crippen molar-refractivity contribution in [3.05, 3.63) is 92.4 Å². The zero-order valence-corrected chi connectivity index (χ0v) is 26.7. The molecule has 0 unspecified atom stereocenters. The fourth-order valence-corrected chi connectivity index (χ4v) is 6.41. The molecule has 0 saturated heterocycles. The van der Waals surface area contributed by atoms with E-state index in [4.69, 9.17) is 34.8 Å². The molecule has 7 nitrogen and oxygen atoms in total. The van der Waals surface area contributed by atoms with Crippen LogP contribution >= 0.6 is 34.8 Å². The molecule has 0 fully saturated rings. The lowest BCUT2D eigenvalue weighted by Crippen LogP contribution is -2.53. The van der Waals surface area contributed by atoms with Crippen LogP contribution < -0.4 is 9.62 Å². The summed E-state index contributed by atoms with van der Waals surface area (Å²) in [6, 6.07) is 15.1. The Morgan fingerprint density at radius 3 is 2.12 bits per heavy atom. The van der Waals surface area contributed by atoms with Crippen molar-refractivity contribution in [1.29, 1.82) is 0 Å². The van der Waals surface area contributed by atoms with Crippen molar-refractivity contribution < 1.29 is 18.0 Å². The third-order valence-corrected chi connectivity index (χ3v) is 9.22. The minimum Gasteiger partial charge on any atom is -0.352 e. The van der Waals surface area contributed by atoms with E-state index in [1.807, 2.05) is 20.8 Å². The first-order chi connectivity index (χ1) is 19.2. The van der Waals surface area contributed by atoms with Gasteiger partial charge in [0, 0.05) is 17.6 Å². The maximum absolute atomic E-state index is 14.1. The Morgan fingerprint density at radius 1 is 0.902 bits per heavy atom. The number of halogens is 3. The first kappa shape index (κ1) is 32.7. The van der Waals surface area contributed by atoms with Crippen LogP contribution in [0.15, 0.2) is 65.6 Å². The van der Waals surface area contributed by atoms with E-state index in [0.717, 1.165) is 9.87 Å². The van der Waals surface area contributed by atoms with Gasteiger partial charge >= 0.3 is 0 Å². The van der Waals surface area contributed by atoms with Crippen molar-refractivity contribution in [2.75, 3.05) is 10.8 Å². The Balaban J connectivity index is 2.11. The van der Waals surface area contributed by atoms with Gasteiger partial charge in [0.15, 0.2) is 0 Å². The molecule has 3 aromatic carbocycles. The van der Waals surface area contributed by atoms with Crippen molar-refractivity contribution in [2.45, 2.75) is 64.6 Å². The minimum atomic E-state index is -4.19. The lowest BCUT2D eigenvalue weighted by molar-refractivity contribution is -0.140. The number of hydrogen-bond acceptors (Lipinski definition) is 4. The normalized spacial score (nSPS) is 12.2.